The first-order valence-electron chi connectivity index (χ1n) is 15.7. The molecule has 1 aromatic heterocycles. The maximum atomic E-state index is 12.6. The fourth-order valence-corrected chi connectivity index (χ4v) is 6.44. The molecule has 13 heteroatoms. The van der Waals surface area contributed by atoms with Crippen LogP contribution in [0.3, 0.4) is 0 Å². The van der Waals surface area contributed by atoms with Crippen molar-refractivity contribution >= 4 is 29.7 Å². The summed E-state index contributed by atoms with van der Waals surface area (Å²) >= 11 is 0. The second-order valence-corrected chi connectivity index (χ2v) is 13.6. The minimum Gasteiger partial charge on any atom is -0.540 e. The number of carbonyl (C=O) groups excluding carboxylic acids is 3. The van der Waals surface area contributed by atoms with E-state index < -0.39 is 24.1 Å². The quantitative estimate of drug-likeness (QED) is 0.196. The number of aldehydes is 1. The van der Waals surface area contributed by atoms with Gasteiger partial charge in [0.05, 0.1) is 24.2 Å². The second-order valence-electron chi connectivity index (χ2n) is 13.6. The van der Waals surface area contributed by atoms with Crippen molar-refractivity contribution in [1.82, 2.24) is 20.2 Å². The molecular weight excluding hydrogens is 637 g/mol. The molecule has 2 heterocycles. The molecule has 253 valence electrons. The van der Waals surface area contributed by atoms with Crippen LogP contribution >= 0.6 is 0 Å². The number of halogens is 2. The summed E-state index contributed by atoms with van der Waals surface area (Å²) in [6.45, 7) is 6.02. The molecule has 6 atom stereocenters. The summed E-state index contributed by atoms with van der Waals surface area (Å²) in [5.74, 6) is -0.478. The van der Waals surface area contributed by atoms with Gasteiger partial charge < -0.3 is 34.3 Å². The fraction of sp³-hybridized carbons (Fsp3) is 0.667. The van der Waals surface area contributed by atoms with Crippen LogP contribution in [-0.4, -0.2) is 78.3 Å². The number of H-pyrrole nitrogens is 1. The Morgan fingerprint density at radius 3 is 2.59 bits per heavy atom. The Morgan fingerprint density at radius 2 is 2.00 bits per heavy atom. The molecule has 1 saturated heterocycles. The number of unbranched alkanes of at least 4 members (excludes halogenated alkanes) is 2. The number of alkyl carbamates (subject to hydrolysis) is 1. The summed E-state index contributed by atoms with van der Waals surface area (Å²) in [4.78, 5) is 55.0. The molecule has 2 saturated carbocycles. The smallest absolute Gasteiger partial charge is 0.408 e. The van der Waals surface area contributed by atoms with Gasteiger partial charge in [-0.25, -0.2) is 24.8 Å². The number of amides is 1. The molecule has 1 amide bonds. The number of methoxy groups -OCH3 is 1. The molecule has 4 unspecified atom stereocenters. The molecule has 46 heavy (non-hydrogen) atoms. The van der Waals surface area contributed by atoms with Gasteiger partial charge in [0.1, 0.15) is 23.8 Å². The Morgan fingerprint density at radius 1 is 1.26 bits per heavy atom. The molecule has 5 rings (SSSR count). The van der Waals surface area contributed by atoms with E-state index in [-0.39, 0.29) is 48.6 Å². The number of likely N-dealkylation sites (N-methyl/N-ethyl adjacent to an activating group) is 1. The SMILES string of the molecule is CN1CCC(F)(F)C1[C-]=O.COc1ccc2nc(CCCCCC3C4CC4C[C@H]3OC(=O)N[C@H](C=O)C(C)(C)C)c(=O)[nH]c2c1.[V]. The van der Waals surface area contributed by atoms with E-state index in [4.69, 9.17) is 9.47 Å². The Hall–Kier alpha value is -2.83. The predicted octanol–water partition coefficient (Wildman–Crippen LogP) is 4.83. The number of benzene rings is 1. The van der Waals surface area contributed by atoms with Crippen LogP contribution in [0.1, 0.15) is 71.4 Å². The average Bonchev–Trinajstić information content (AvgIpc) is 3.58. The summed E-state index contributed by atoms with van der Waals surface area (Å²) in [5, 5.41) is 2.73. The topological polar surface area (TPSA) is 131 Å². The van der Waals surface area contributed by atoms with Crippen LogP contribution < -0.4 is 15.6 Å². The molecule has 2 N–H and O–H groups in total. The molecule has 2 aliphatic carbocycles. The summed E-state index contributed by atoms with van der Waals surface area (Å²) in [6, 6.07) is 3.58. The van der Waals surface area contributed by atoms with Gasteiger partial charge in [-0.05, 0) is 80.5 Å². The molecular formula is C33H45F2N4O6V-. The van der Waals surface area contributed by atoms with Gasteiger partial charge in [0.2, 0.25) is 5.92 Å². The number of fused-ring (bicyclic) bond motifs is 2. The fourth-order valence-electron chi connectivity index (χ4n) is 6.44. The van der Waals surface area contributed by atoms with Gasteiger partial charge in [-0.1, -0.05) is 33.6 Å². The largest absolute Gasteiger partial charge is 0.540 e. The Balaban J connectivity index is 0.000000448. The van der Waals surface area contributed by atoms with Crippen LogP contribution in [0.2, 0.25) is 0 Å². The zero-order valence-electron chi connectivity index (χ0n) is 27.2. The first-order chi connectivity index (χ1) is 21.3. The van der Waals surface area contributed by atoms with E-state index in [2.05, 4.69) is 15.3 Å². The monoisotopic (exact) mass is 682 g/mol. The van der Waals surface area contributed by atoms with Crippen LogP contribution in [-0.2, 0) is 39.3 Å². The summed E-state index contributed by atoms with van der Waals surface area (Å²) in [5.41, 5.74) is 1.49. The zero-order chi connectivity index (χ0) is 32.9. The second kappa shape index (κ2) is 15.8. The standard InChI is InChI=1S/C27H37N3O5.C6H8F2NO.V/c1-27(2,3)24(15-31)30-26(33)35-23-13-16-12-19(16)18(23)8-6-5-7-9-21-25(32)29-22-14-17(34-4)10-11-20(22)28-21;1-9-3-2-6(7,8)5(9)4-10;/h10-11,14-16,18-19,23-24H,5-9,12-13H2,1-4H3,(H,29,32)(H,30,33);5H,2-3H2,1H3;/q;-1;/t16?,18?,19?,23-,24-;;/m1../s1. The van der Waals surface area contributed by atoms with E-state index >= 15 is 0 Å². The predicted molar refractivity (Wildman–Crippen MR) is 165 cm³/mol. The van der Waals surface area contributed by atoms with Crippen LogP contribution in [0, 0.1) is 23.2 Å². The van der Waals surface area contributed by atoms with E-state index in [0.29, 0.717) is 41.1 Å². The summed E-state index contributed by atoms with van der Waals surface area (Å²) in [6.07, 6.45) is 8.00. The Kier molecular flexibility index (Phi) is 13.0. The number of hydrogen-bond donors (Lipinski definition) is 2. The van der Waals surface area contributed by atoms with E-state index in [9.17, 15) is 28.0 Å². The minimum absolute atomic E-state index is 0. The van der Waals surface area contributed by atoms with Crippen molar-refractivity contribution in [3.05, 3.63) is 34.2 Å². The summed E-state index contributed by atoms with van der Waals surface area (Å²) < 4.78 is 36.1. The van der Waals surface area contributed by atoms with Crippen molar-refractivity contribution in [3.63, 3.8) is 0 Å². The number of nitrogens with one attached hydrogen (secondary N) is 2. The molecule has 3 fully saturated rings. The van der Waals surface area contributed by atoms with Gasteiger partial charge in [0.15, 0.2) is 0 Å². The van der Waals surface area contributed by atoms with Crippen LogP contribution in [0.5, 0.6) is 5.75 Å². The normalized spacial score (nSPS) is 25.3. The molecule has 10 nitrogen and oxygen atoms in total. The number of aryl methyl sites for hydroxylation is 1. The van der Waals surface area contributed by atoms with E-state index in [1.54, 1.807) is 13.2 Å². The molecule has 0 bridgehead atoms. The van der Waals surface area contributed by atoms with Crippen molar-refractivity contribution in [3.8, 4) is 5.75 Å². The number of ether oxygens (including phenoxy) is 2. The maximum absolute atomic E-state index is 12.6. The molecule has 3 aliphatic rings. The van der Waals surface area contributed by atoms with E-state index in [1.807, 2.05) is 32.9 Å². The van der Waals surface area contributed by atoms with Gasteiger partial charge in [0, 0.05) is 37.6 Å². The average molecular weight is 683 g/mol. The third kappa shape index (κ3) is 9.38. The van der Waals surface area contributed by atoms with Crippen molar-refractivity contribution in [2.45, 2.75) is 96.2 Å². The van der Waals surface area contributed by atoms with Crippen molar-refractivity contribution < 1.29 is 51.2 Å². The molecule has 1 radical (unpaired) electrons. The Bertz CT molecular complexity index is 1420. The van der Waals surface area contributed by atoms with Crippen molar-refractivity contribution in [2.24, 2.45) is 23.2 Å². The number of hydrogen-bond acceptors (Lipinski definition) is 8. The van der Waals surface area contributed by atoms with Crippen molar-refractivity contribution in [2.75, 3.05) is 20.7 Å². The van der Waals surface area contributed by atoms with Gasteiger partial charge in [-0.15, -0.1) is 0 Å². The number of likely N-dealkylation sites (tertiary alicyclic amines) is 1. The number of alkyl halides is 2. The van der Waals surface area contributed by atoms with E-state index in [1.165, 1.54) is 24.7 Å². The minimum atomic E-state index is -2.86. The molecule has 1 aromatic carbocycles. The number of rotatable bonds is 11. The first kappa shape index (κ1) is 37.6. The Labute approximate surface area is 280 Å². The van der Waals surface area contributed by atoms with Crippen LogP contribution in [0.4, 0.5) is 13.6 Å². The zero-order valence-corrected chi connectivity index (χ0v) is 28.6. The number of carbonyl (C=O) groups is 2. The third-order valence-corrected chi connectivity index (χ3v) is 9.31. The number of nitrogens with zero attached hydrogens (tertiary/aromatic N) is 2. The van der Waals surface area contributed by atoms with Crippen LogP contribution in [0.15, 0.2) is 23.0 Å². The molecule has 2 aromatic rings. The van der Waals surface area contributed by atoms with Gasteiger partial charge in [0.25, 0.3) is 5.56 Å². The number of aromatic amines is 1. The van der Waals surface area contributed by atoms with E-state index in [0.717, 1.165) is 43.9 Å². The number of aromatic nitrogens is 2. The van der Waals surface area contributed by atoms with Crippen LogP contribution in [0.25, 0.3) is 11.0 Å². The third-order valence-electron chi connectivity index (χ3n) is 9.31. The summed E-state index contributed by atoms with van der Waals surface area (Å²) in [7, 11) is 3.09. The molecule has 0 spiro atoms. The maximum Gasteiger partial charge on any atom is 0.408 e. The van der Waals surface area contributed by atoms with Gasteiger partial charge in [-0.2, -0.15) is 0 Å². The first-order valence-corrected chi connectivity index (χ1v) is 15.7. The van der Waals surface area contributed by atoms with Gasteiger partial charge in [-0.3, -0.25) is 4.79 Å². The van der Waals surface area contributed by atoms with Crippen molar-refractivity contribution in [1.29, 1.82) is 0 Å². The van der Waals surface area contributed by atoms with Gasteiger partial charge >= 0.3 is 6.09 Å². The molecule has 1 aliphatic heterocycles.